The molecule has 0 fully saturated rings. The largest absolute Gasteiger partial charge is 0.330 e. The van der Waals surface area contributed by atoms with Crippen LogP contribution >= 0.6 is 15.9 Å². The highest BCUT2D eigenvalue weighted by molar-refractivity contribution is 9.10. The summed E-state index contributed by atoms with van der Waals surface area (Å²) >= 11 is 3.60. The summed E-state index contributed by atoms with van der Waals surface area (Å²) in [5.74, 6) is 0.385. The minimum Gasteiger partial charge on any atom is -0.330 e. The Morgan fingerprint density at radius 1 is 1.33 bits per heavy atom. The van der Waals surface area contributed by atoms with Gasteiger partial charge in [-0.2, -0.15) is 5.10 Å². The van der Waals surface area contributed by atoms with Crippen molar-refractivity contribution in [2.45, 2.75) is 18.8 Å². The van der Waals surface area contributed by atoms with E-state index in [9.17, 15) is 0 Å². The summed E-state index contributed by atoms with van der Waals surface area (Å²) in [6, 6.07) is 10.4. The molecular formula is C14H18BrN3. The predicted molar refractivity (Wildman–Crippen MR) is 77.5 cm³/mol. The first-order valence-corrected chi connectivity index (χ1v) is 6.93. The van der Waals surface area contributed by atoms with Gasteiger partial charge in [-0.3, -0.25) is 4.68 Å². The zero-order valence-electron chi connectivity index (χ0n) is 10.5. The van der Waals surface area contributed by atoms with Crippen LogP contribution in [-0.2, 0) is 13.5 Å². The van der Waals surface area contributed by atoms with Gasteiger partial charge in [0.25, 0.3) is 0 Å². The van der Waals surface area contributed by atoms with Crippen LogP contribution < -0.4 is 5.73 Å². The van der Waals surface area contributed by atoms with Gasteiger partial charge in [-0.25, -0.2) is 0 Å². The third-order valence-electron chi connectivity index (χ3n) is 3.30. The number of nitrogens with two attached hydrogens (primary N) is 1. The van der Waals surface area contributed by atoms with Gasteiger partial charge < -0.3 is 5.73 Å². The molecule has 0 bridgehead atoms. The molecule has 18 heavy (non-hydrogen) atoms. The predicted octanol–water partition coefficient (Wildman–Crippen LogP) is 2.86. The molecule has 0 amide bonds. The van der Waals surface area contributed by atoms with E-state index in [0.29, 0.717) is 12.5 Å². The standard InChI is InChI=1S/C14H18BrN3/c1-18-12(8-9-17-18)7-6-11(10-16)13-4-2-3-5-14(13)15/h2-5,8-9,11H,6-7,10,16H2,1H3. The Hall–Kier alpha value is -1.13. The highest BCUT2D eigenvalue weighted by Crippen LogP contribution is 2.27. The van der Waals surface area contributed by atoms with E-state index in [-0.39, 0.29) is 0 Å². The molecule has 1 aromatic heterocycles. The van der Waals surface area contributed by atoms with Crippen LogP contribution in [0.4, 0.5) is 0 Å². The fourth-order valence-corrected chi connectivity index (χ4v) is 2.78. The van der Waals surface area contributed by atoms with Gasteiger partial charge in [-0.15, -0.1) is 0 Å². The summed E-state index contributed by atoms with van der Waals surface area (Å²) in [6.45, 7) is 0.667. The maximum atomic E-state index is 5.91. The summed E-state index contributed by atoms with van der Waals surface area (Å²) < 4.78 is 3.07. The van der Waals surface area contributed by atoms with Crippen LogP contribution in [0, 0.1) is 0 Å². The van der Waals surface area contributed by atoms with E-state index < -0.39 is 0 Å². The van der Waals surface area contributed by atoms with Gasteiger partial charge in [0.1, 0.15) is 0 Å². The maximum absolute atomic E-state index is 5.91. The van der Waals surface area contributed by atoms with Gasteiger partial charge in [0, 0.05) is 23.4 Å². The molecule has 1 atom stereocenters. The number of rotatable bonds is 5. The molecule has 0 saturated carbocycles. The van der Waals surface area contributed by atoms with Crippen LogP contribution in [0.15, 0.2) is 41.0 Å². The molecule has 96 valence electrons. The van der Waals surface area contributed by atoms with Crippen LogP contribution in [0.2, 0.25) is 0 Å². The molecule has 0 aliphatic carbocycles. The first-order valence-electron chi connectivity index (χ1n) is 6.13. The molecule has 1 heterocycles. The van der Waals surface area contributed by atoms with Gasteiger partial charge in [-0.05, 0) is 43.0 Å². The molecule has 1 aromatic carbocycles. The van der Waals surface area contributed by atoms with Crippen molar-refractivity contribution in [1.29, 1.82) is 0 Å². The third-order valence-corrected chi connectivity index (χ3v) is 4.02. The average molecular weight is 308 g/mol. The molecule has 0 aliphatic rings. The molecule has 0 radical (unpaired) electrons. The number of aryl methyl sites for hydroxylation is 2. The molecule has 2 rings (SSSR count). The molecule has 3 nitrogen and oxygen atoms in total. The Bertz CT molecular complexity index is 507. The van der Waals surface area contributed by atoms with Crippen LogP contribution in [0.1, 0.15) is 23.6 Å². The molecule has 2 aromatic rings. The van der Waals surface area contributed by atoms with Crippen LogP contribution in [0.25, 0.3) is 0 Å². The van der Waals surface area contributed by atoms with Crippen molar-refractivity contribution in [3.63, 3.8) is 0 Å². The molecule has 1 unspecified atom stereocenters. The van der Waals surface area contributed by atoms with Crippen molar-refractivity contribution in [3.8, 4) is 0 Å². The zero-order valence-corrected chi connectivity index (χ0v) is 12.1. The fourth-order valence-electron chi connectivity index (χ4n) is 2.18. The van der Waals surface area contributed by atoms with E-state index in [2.05, 4.69) is 45.3 Å². The topological polar surface area (TPSA) is 43.8 Å². The Kier molecular flexibility index (Phi) is 4.55. The molecular weight excluding hydrogens is 290 g/mol. The molecule has 0 aliphatic heterocycles. The Morgan fingerprint density at radius 2 is 2.11 bits per heavy atom. The van der Waals surface area contributed by atoms with Gasteiger partial charge in [0.15, 0.2) is 0 Å². The highest BCUT2D eigenvalue weighted by Gasteiger charge is 2.13. The maximum Gasteiger partial charge on any atom is 0.0492 e. The van der Waals surface area contributed by atoms with E-state index in [4.69, 9.17) is 5.73 Å². The van der Waals surface area contributed by atoms with Crippen molar-refractivity contribution in [1.82, 2.24) is 9.78 Å². The molecule has 0 spiro atoms. The molecule has 2 N–H and O–H groups in total. The monoisotopic (exact) mass is 307 g/mol. The van der Waals surface area contributed by atoms with E-state index in [1.54, 1.807) is 0 Å². The normalized spacial score (nSPS) is 12.6. The number of benzene rings is 1. The lowest BCUT2D eigenvalue weighted by molar-refractivity contribution is 0.601. The summed E-state index contributed by atoms with van der Waals surface area (Å²) in [7, 11) is 1.98. The highest BCUT2D eigenvalue weighted by atomic mass is 79.9. The van der Waals surface area contributed by atoms with Gasteiger partial charge >= 0.3 is 0 Å². The lowest BCUT2D eigenvalue weighted by atomic mass is 9.93. The quantitative estimate of drug-likeness (QED) is 0.923. The first kappa shape index (κ1) is 13.3. The van der Waals surface area contributed by atoms with Crippen molar-refractivity contribution in [2.75, 3.05) is 6.54 Å². The number of aromatic nitrogens is 2. The van der Waals surface area contributed by atoms with E-state index in [0.717, 1.165) is 17.3 Å². The minimum absolute atomic E-state index is 0.385. The summed E-state index contributed by atoms with van der Waals surface area (Å²) in [5.41, 5.74) is 8.45. The second-order valence-corrected chi connectivity index (χ2v) is 5.29. The zero-order chi connectivity index (χ0) is 13.0. The van der Waals surface area contributed by atoms with Gasteiger partial charge in [-0.1, -0.05) is 34.1 Å². The third kappa shape index (κ3) is 3.00. The fraction of sp³-hybridized carbons (Fsp3) is 0.357. The Labute approximate surface area is 116 Å². The summed E-state index contributed by atoms with van der Waals surface area (Å²) in [5, 5.41) is 4.19. The van der Waals surface area contributed by atoms with E-state index >= 15 is 0 Å². The Morgan fingerprint density at radius 3 is 2.72 bits per heavy atom. The lowest BCUT2D eigenvalue weighted by Gasteiger charge is -2.16. The molecule has 4 heteroatoms. The minimum atomic E-state index is 0.385. The van der Waals surface area contributed by atoms with Crippen LogP contribution in [-0.4, -0.2) is 16.3 Å². The van der Waals surface area contributed by atoms with Crippen LogP contribution in [0.3, 0.4) is 0 Å². The first-order chi connectivity index (χ1) is 8.72. The number of hydrogen-bond donors (Lipinski definition) is 1. The second kappa shape index (κ2) is 6.16. The van der Waals surface area contributed by atoms with Crippen molar-refractivity contribution in [2.24, 2.45) is 12.8 Å². The average Bonchev–Trinajstić information content (AvgIpc) is 2.78. The van der Waals surface area contributed by atoms with Crippen molar-refractivity contribution in [3.05, 3.63) is 52.3 Å². The molecule has 0 saturated heterocycles. The smallest absolute Gasteiger partial charge is 0.0492 e. The summed E-state index contributed by atoms with van der Waals surface area (Å²) in [6.07, 6.45) is 3.88. The number of nitrogens with zero attached hydrogens (tertiary/aromatic N) is 2. The van der Waals surface area contributed by atoms with Crippen LogP contribution in [0.5, 0.6) is 0 Å². The Balaban J connectivity index is 2.07. The van der Waals surface area contributed by atoms with E-state index in [1.807, 2.05) is 24.0 Å². The van der Waals surface area contributed by atoms with Crippen molar-refractivity contribution >= 4 is 15.9 Å². The second-order valence-electron chi connectivity index (χ2n) is 4.44. The van der Waals surface area contributed by atoms with Gasteiger partial charge in [0.2, 0.25) is 0 Å². The SMILES string of the molecule is Cn1nccc1CCC(CN)c1ccccc1Br. The number of hydrogen-bond acceptors (Lipinski definition) is 2. The van der Waals surface area contributed by atoms with E-state index in [1.165, 1.54) is 11.3 Å². The lowest BCUT2D eigenvalue weighted by Crippen LogP contribution is -2.14. The van der Waals surface area contributed by atoms with Crippen molar-refractivity contribution < 1.29 is 0 Å². The number of halogens is 1. The van der Waals surface area contributed by atoms with Gasteiger partial charge in [0.05, 0.1) is 0 Å². The summed E-state index contributed by atoms with van der Waals surface area (Å²) in [4.78, 5) is 0.